The SMILES string of the molecule is CC[C@H](C)/C=C(C)\C=C\c1ccccc1. The summed E-state index contributed by atoms with van der Waals surface area (Å²) in [6, 6.07) is 10.4. The summed E-state index contributed by atoms with van der Waals surface area (Å²) >= 11 is 0. The van der Waals surface area contributed by atoms with Crippen LogP contribution < -0.4 is 0 Å². The van der Waals surface area contributed by atoms with Crippen LogP contribution in [0.5, 0.6) is 0 Å². The predicted molar refractivity (Wildman–Crippen MR) is 68.7 cm³/mol. The van der Waals surface area contributed by atoms with Crippen LogP contribution in [0.15, 0.2) is 48.1 Å². The predicted octanol–water partition coefficient (Wildman–Crippen LogP) is 4.69. The normalized spacial score (nSPS) is 14.5. The van der Waals surface area contributed by atoms with E-state index in [1.807, 2.05) is 6.07 Å². The average Bonchev–Trinajstić information content (AvgIpc) is 2.27. The van der Waals surface area contributed by atoms with Crippen molar-refractivity contribution in [3.8, 4) is 0 Å². The highest BCUT2D eigenvalue weighted by Gasteiger charge is 1.92. The Kier molecular flexibility index (Phi) is 4.89. The van der Waals surface area contributed by atoms with E-state index in [-0.39, 0.29) is 0 Å². The van der Waals surface area contributed by atoms with Gasteiger partial charge in [-0.05, 0) is 18.4 Å². The molecule has 0 bridgehead atoms. The summed E-state index contributed by atoms with van der Waals surface area (Å²) in [6.45, 7) is 6.63. The largest absolute Gasteiger partial charge is 0.0788 e. The minimum absolute atomic E-state index is 0.672. The molecule has 0 heterocycles. The molecule has 0 aliphatic rings. The maximum absolute atomic E-state index is 2.32. The molecule has 0 aromatic heterocycles. The molecule has 1 atom stereocenters. The Morgan fingerprint density at radius 1 is 1.27 bits per heavy atom. The van der Waals surface area contributed by atoms with Crippen molar-refractivity contribution in [2.75, 3.05) is 0 Å². The van der Waals surface area contributed by atoms with Gasteiger partial charge in [-0.1, -0.05) is 74.4 Å². The molecule has 0 unspecified atom stereocenters. The lowest BCUT2D eigenvalue weighted by molar-refractivity contribution is 0.694. The second kappa shape index (κ2) is 6.23. The van der Waals surface area contributed by atoms with Crippen LogP contribution in [0.1, 0.15) is 32.8 Å². The Labute approximate surface area is 93.3 Å². The van der Waals surface area contributed by atoms with Crippen LogP contribution in [-0.4, -0.2) is 0 Å². The second-order valence-electron chi connectivity index (χ2n) is 4.04. The Morgan fingerprint density at radius 2 is 1.93 bits per heavy atom. The zero-order valence-electron chi connectivity index (χ0n) is 9.90. The fourth-order valence-corrected chi connectivity index (χ4v) is 1.41. The summed E-state index contributed by atoms with van der Waals surface area (Å²) in [5, 5.41) is 0. The van der Waals surface area contributed by atoms with Crippen molar-refractivity contribution < 1.29 is 0 Å². The maximum Gasteiger partial charge on any atom is -0.0257 e. The molecule has 0 aliphatic heterocycles. The highest BCUT2D eigenvalue weighted by Crippen LogP contribution is 2.09. The number of hydrogen-bond donors (Lipinski definition) is 0. The molecule has 15 heavy (non-hydrogen) atoms. The molecular weight excluding hydrogens is 180 g/mol. The molecule has 0 nitrogen and oxygen atoms in total. The molecule has 1 aromatic carbocycles. The van der Waals surface area contributed by atoms with Crippen LogP contribution in [0.25, 0.3) is 6.08 Å². The summed E-state index contributed by atoms with van der Waals surface area (Å²) in [5.74, 6) is 0.672. The van der Waals surface area contributed by atoms with Gasteiger partial charge in [-0.2, -0.15) is 0 Å². The molecule has 0 aliphatic carbocycles. The molecule has 1 aromatic rings. The lowest BCUT2D eigenvalue weighted by atomic mass is 10.1. The summed E-state index contributed by atoms with van der Waals surface area (Å²) in [7, 11) is 0. The Balaban J connectivity index is 2.62. The van der Waals surface area contributed by atoms with Gasteiger partial charge in [0.05, 0.1) is 0 Å². The average molecular weight is 200 g/mol. The number of benzene rings is 1. The summed E-state index contributed by atoms with van der Waals surface area (Å²) in [4.78, 5) is 0. The molecule has 0 fully saturated rings. The van der Waals surface area contributed by atoms with E-state index in [1.54, 1.807) is 0 Å². The molecule has 0 amide bonds. The zero-order valence-corrected chi connectivity index (χ0v) is 9.90. The minimum Gasteiger partial charge on any atom is -0.0788 e. The summed E-state index contributed by atoms with van der Waals surface area (Å²) < 4.78 is 0. The number of hydrogen-bond acceptors (Lipinski definition) is 0. The lowest BCUT2D eigenvalue weighted by Gasteiger charge is -2.01. The van der Waals surface area contributed by atoms with E-state index in [1.165, 1.54) is 17.6 Å². The molecule has 0 spiro atoms. The highest BCUT2D eigenvalue weighted by molar-refractivity contribution is 5.52. The third kappa shape index (κ3) is 4.64. The fraction of sp³-hybridized carbons (Fsp3) is 0.333. The quantitative estimate of drug-likeness (QED) is 0.618. The summed E-state index contributed by atoms with van der Waals surface area (Å²) in [6.07, 6.45) is 7.87. The Bertz CT molecular complexity index is 330. The first-order chi connectivity index (χ1) is 7.22. The first kappa shape index (κ1) is 11.8. The van der Waals surface area contributed by atoms with Crippen LogP contribution in [0.4, 0.5) is 0 Å². The van der Waals surface area contributed by atoms with Gasteiger partial charge in [0.15, 0.2) is 0 Å². The first-order valence-electron chi connectivity index (χ1n) is 5.64. The van der Waals surface area contributed by atoms with E-state index in [0.717, 1.165) is 0 Å². The van der Waals surface area contributed by atoms with Crippen molar-refractivity contribution in [3.05, 3.63) is 53.6 Å². The van der Waals surface area contributed by atoms with Crippen LogP contribution >= 0.6 is 0 Å². The summed E-state index contributed by atoms with van der Waals surface area (Å²) in [5.41, 5.74) is 2.60. The van der Waals surface area contributed by atoms with E-state index in [2.05, 4.69) is 63.3 Å². The molecular formula is C15H20. The van der Waals surface area contributed by atoms with Gasteiger partial charge in [0.25, 0.3) is 0 Å². The molecule has 1 rings (SSSR count). The molecule has 0 heteroatoms. The fourth-order valence-electron chi connectivity index (χ4n) is 1.41. The van der Waals surface area contributed by atoms with Crippen molar-refractivity contribution in [2.45, 2.75) is 27.2 Å². The van der Waals surface area contributed by atoms with E-state index in [4.69, 9.17) is 0 Å². The first-order valence-corrected chi connectivity index (χ1v) is 5.64. The standard InChI is InChI=1S/C15H20/c1-4-13(2)12-14(3)10-11-15-8-6-5-7-9-15/h5-13H,4H2,1-3H3/b11-10+,14-12-/t13-/m0/s1. The van der Waals surface area contributed by atoms with Gasteiger partial charge in [-0.25, -0.2) is 0 Å². The third-order valence-corrected chi connectivity index (χ3v) is 2.53. The van der Waals surface area contributed by atoms with Gasteiger partial charge in [-0.15, -0.1) is 0 Å². The number of allylic oxidation sites excluding steroid dienone is 3. The second-order valence-corrected chi connectivity index (χ2v) is 4.04. The van der Waals surface area contributed by atoms with Crippen molar-refractivity contribution in [1.82, 2.24) is 0 Å². The van der Waals surface area contributed by atoms with Crippen molar-refractivity contribution in [2.24, 2.45) is 5.92 Å². The van der Waals surface area contributed by atoms with Gasteiger partial charge in [0.2, 0.25) is 0 Å². The molecule has 0 saturated carbocycles. The van der Waals surface area contributed by atoms with E-state index in [9.17, 15) is 0 Å². The topological polar surface area (TPSA) is 0 Å². The van der Waals surface area contributed by atoms with Gasteiger partial charge < -0.3 is 0 Å². The molecule has 0 radical (unpaired) electrons. The monoisotopic (exact) mass is 200 g/mol. The van der Waals surface area contributed by atoms with Crippen LogP contribution in [-0.2, 0) is 0 Å². The van der Waals surface area contributed by atoms with Gasteiger partial charge in [-0.3, -0.25) is 0 Å². The molecule has 0 N–H and O–H groups in total. The van der Waals surface area contributed by atoms with Crippen molar-refractivity contribution >= 4 is 6.08 Å². The van der Waals surface area contributed by atoms with E-state index < -0.39 is 0 Å². The van der Waals surface area contributed by atoms with Crippen LogP contribution in [0, 0.1) is 5.92 Å². The maximum atomic E-state index is 2.32. The molecule has 0 saturated heterocycles. The van der Waals surface area contributed by atoms with Gasteiger partial charge in [0.1, 0.15) is 0 Å². The highest BCUT2D eigenvalue weighted by atomic mass is 14.0. The Morgan fingerprint density at radius 3 is 2.53 bits per heavy atom. The van der Waals surface area contributed by atoms with Gasteiger partial charge >= 0.3 is 0 Å². The molecule has 80 valence electrons. The zero-order chi connectivity index (χ0) is 11.1. The lowest BCUT2D eigenvalue weighted by Crippen LogP contribution is -1.86. The minimum atomic E-state index is 0.672. The van der Waals surface area contributed by atoms with E-state index in [0.29, 0.717) is 5.92 Å². The smallest absolute Gasteiger partial charge is 0.0257 e. The van der Waals surface area contributed by atoms with Crippen LogP contribution in [0.3, 0.4) is 0 Å². The number of rotatable bonds is 4. The van der Waals surface area contributed by atoms with Crippen LogP contribution in [0.2, 0.25) is 0 Å². The third-order valence-electron chi connectivity index (χ3n) is 2.53. The Hall–Kier alpha value is -1.30. The van der Waals surface area contributed by atoms with Crippen molar-refractivity contribution in [3.63, 3.8) is 0 Å². The van der Waals surface area contributed by atoms with E-state index >= 15 is 0 Å². The van der Waals surface area contributed by atoms with Crippen molar-refractivity contribution in [1.29, 1.82) is 0 Å². The van der Waals surface area contributed by atoms with Gasteiger partial charge in [0, 0.05) is 0 Å².